The summed E-state index contributed by atoms with van der Waals surface area (Å²) >= 11 is 0. The Morgan fingerprint density at radius 3 is 3.00 bits per heavy atom. The van der Waals surface area contributed by atoms with Crippen LogP contribution in [-0.2, 0) is 0 Å². The third-order valence-corrected chi connectivity index (χ3v) is 1.92. The molecule has 7 heavy (non-hydrogen) atoms. The first-order chi connectivity index (χ1) is 3.88. The van der Waals surface area contributed by atoms with Crippen LogP contribution in [0.2, 0.25) is 0 Å². The fourth-order valence-corrected chi connectivity index (χ4v) is 1.41. The molecule has 0 spiro atoms. The molecule has 3 aliphatic carbocycles. The van der Waals surface area contributed by atoms with Gasteiger partial charge >= 0.3 is 0 Å². The second-order valence-corrected chi connectivity index (χ2v) is 2.52. The average molecular weight is 95.2 g/mol. The van der Waals surface area contributed by atoms with Crippen LogP contribution in [0.15, 0.2) is 12.2 Å². The molecule has 0 saturated heterocycles. The van der Waals surface area contributed by atoms with Crippen molar-refractivity contribution < 1.29 is 1.37 Å². The van der Waals surface area contributed by atoms with Crippen molar-refractivity contribution in [2.75, 3.05) is 0 Å². The van der Waals surface area contributed by atoms with Crippen LogP contribution in [0.3, 0.4) is 0 Å². The highest BCUT2D eigenvalue weighted by atomic mass is 14.3. The van der Waals surface area contributed by atoms with Crippen LogP contribution in [0.25, 0.3) is 0 Å². The average Bonchev–Trinajstić information content (AvgIpc) is 1.89. The van der Waals surface area contributed by atoms with E-state index in [1.54, 1.807) is 0 Å². The zero-order valence-corrected chi connectivity index (χ0v) is 4.30. The van der Waals surface area contributed by atoms with E-state index in [1.165, 1.54) is 12.8 Å². The summed E-state index contributed by atoms with van der Waals surface area (Å²) in [6.07, 6.45) is 7.16. The Bertz CT molecular complexity index is 128. The van der Waals surface area contributed by atoms with Gasteiger partial charge in [0.1, 0.15) is 0 Å². The molecule has 0 N–H and O–H groups in total. The quantitative estimate of drug-likeness (QED) is 0.403. The highest BCUT2D eigenvalue weighted by Gasteiger charge is 2.28. The lowest BCUT2D eigenvalue weighted by Gasteiger charge is -2.36. The molecule has 0 radical (unpaired) electrons. The normalized spacial score (nSPS) is 58.3. The van der Waals surface area contributed by atoms with Gasteiger partial charge in [0.15, 0.2) is 0 Å². The number of fused-ring (bicyclic) bond motifs is 1. The fourth-order valence-electron chi connectivity index (χ4n) is 1.41. The van der Waals surface area contributed by atoms with Crippen molar-refractivity contribution in [3.63, 3.8) is 0 Å². The molecule has 1 fully saturated rings. The maximum Gasteiger partial charge on any atom is 0.0275 e. The van der Waals surface area contributed by atoms with Gasteiger partial charge in [0, 0.05) is 1.37 Å². The van der Waals surface area contributed by atoms with E-state index in [-0.39, 0.29) is 6.40 Å². The SMILES string of the molecule is [2H][C@H]1[C@@H]2CC=C[C@H]1C2. The molecule has 0 heterocycles. The molecule has 3 aliphatic rings. The smallest absolute Gasteiger partial charge is 0.0275 e. The number of rotatable bonds is 0. The zero-order chi connectivity index (χ0) is 5.56. The van der Waals surface area contributed by atoms with E-state index >= 15 is 0 Å². The first-order valence-electron chi connectivity index (χ1n) is 3.54. The number of hydrogen-bond donors (Lipinski definition) is 0. The number of allylic oxidation sites excluding steroid dienone is 2. The molecule has 0 unspecified atom stereocenters. The van der Waals surface area contributed by atoms with Gasteiger partial charge in [-0.15, -0.1) is 0 Å². The molecule has 3 rings (SSSR count). The summed E-state index contributed by atoms with van der Waals surface area (Å²) in [7, 11) is 0. The van der Waals surface area contributed by atoms with E-state index in [9.17, 15) is 0 Å². The highest BCUT2D eigenvalue weighted by molar-refractivity contribution is 5.03. The minimum Gasteiger partial charge on any atom is -0.0880 e. The molecule has 0 nitrogen and oxygen atoms in total. The summed E-state index contributed by atoms with van der Waals surface area (Å²) < 4.78 is 7.48. The van der Waals surface area contributed by atoms with Gasteiger partial charge in [-0.3, -0.25) is 0 Å². The van der Waals surface area contributed by atoms with Crippen LogP contribution in [-0.4, -0.2) is 0 Å². The topological polar surface area (TPSA) is 0 Å². The highest BCUT2D eigenvalue weighted by Crippen LogP contribution is 2.40. The summed E-state index contributed by atoms with van der Waals surface area (Å²) in [6.45, 7) is 0. The van der Waals surface area contributed by atoms with Crippen molar-refractivity contribution in [3.8, 4) is 0 Å². The fraction of sp³-hybridized carbons (Fsp3) is 0.714. The summed E-state index contributed by atoms with van der Waals surface area (Å²) in [6, 6.07) is 0. The number of hydrogen-bond acceptors (Lipinski definition) is 0. The van der Waals surface area contributed by atoms with Crippen molar-refractivity contribution in [3.05, 3.63) is 12.2 Å². The van der Waals surface area contributed by atoms with Crippen LogP contribution in [0.1, 0.15) is 20.6 Å². The molecule has 0 heteroatoms. The van der Waals surface area contributed by atoms with Gasteiger partial charge in [-0.25, -0.2) is 0 Å². The van der Waals surface area contributed by atoms with E-state index in [4.69, 9.17) is 1.37 Å². The third kappa shape index (κ3) is 0.425. The predicted molar refractivity (Wildman–Crippen MR) is 30.0 cm³/mol. The van der Waals surface area contributed by atoms with Crippen molar-refractivity contribution in [2.24, 2.45) is 11.8 Å². The minimum absolute atomic E-state index is 0.264. The molecular formula is C7H10. The molecule has 2 bridgehead atoms. The Morgan fingerprint density at radius 1 is 1.71 bits per heavy atom. The summed E-state index contributed by atoms with van der Waals surface area (Å²) in [4.78, 5) is 0. The predicted octanol–water partition coefficient (Wildman–Crippen LogP) is 1.97. The van der Waals surface area contributed by atoms with E-state index < -0.39 is 0 Å². The third-order valence-electron chi connectivity index (χ3n) is 1.92. The van der Waals surface area contributed by atoms with Crippen LogP contribution in [0, 0.1) is 11.8 Å². The first kappa shape index (κ1) is 2.91. The van der Waals surface area contributed by atoms with Gasteiger partial charge in [-0.2, -0.15) is 0 Å². The van der Waals surface area contributed by atoms with E-state index in [0.29, 0.717) is 5.92 Å². The lowest BCUT2D eigenvalue weighted by Crippen LogP contribution is -2.24. The van der Waals surface area contributed by atoms with Crippen LogP contribution in [0.4, 0.5) is 0 Å². The van der Waals surface area contributed by atoms with Crippen LogP contribution < -0.4 is 0 Å². The molecule has 0 aromatic rings. The summed E-state index contributed by atoms with van der Waals surface area (Å²) in [5.41, 5.74) is 0. The Kier molecular flexibility index (Phi) is 0.464. The molecule has 3 atom stereocenters. The lowest BCUT2D eigenvalue weighted by molar-refractivity contribution is 0.225. The second-order valence-electron chi connectivity index (χ2n) is 2.52. The standard InChI is InChI=1S/C7H10/c1-2-6-4-7(3-1)5-6/h1-2,6-7H,3-5H2/t6-,7+/i4D/t4-,6-,7+/m1/s1. The minimum atomic E-state index is 0.264. The molecular weight excluding hydrogens is 84.1 g/mol. The van der Waals surface area contributed by atoms with Crippen molar-refractivity contribution in [1.29, 1.82) is 0 Å². The Hall–Kier alpha value is -0.260. The Morgan fingerprint density at radius 2 is 2.71 bits per heavy atom. The van der Waals surface area contributed by atoms with Crippen molar-refractivity contribution in [2.45, 2.75) is 19.2 Å². The van der Waals surface area contributed by atoms with Gasteiger partial charge in [0.25, 0.3) is 0 Å². The molecule has 0 aromatic heterocycles. The maximum atomic E-state index is 7.48. The molecule has 38 valence electrons. The Balaban J connectivity index is 2.18. The summed E-state index contributed by atoms with van der Waals surface area (Å²) in [5, 5.41) is 0. The van der Waals surface area contributed by atoms with Gasteiger partial charge in [-0.1, -0.05) is 12.2 Å². The van der Waals surface area contributed by atoms with Gasteiger partial charge in [-0.05, 0) is 31.1 Å². The molecule has 0 aromatic carbocycles. The van der Waals surface area contributed by atoms with E-state index in [0.717, 1.165) is 5.92 Å². The Labute approximate surface area is 45.6 Å². The van der Waals surface area contributed by atoms with E-state index in [1.807, 2.05) is 0 Å². The first-order valence-corrected chi connectivity index (χ1v) is 2.97. The van der Waals surface area contributed by atoms with Crippen molar-refractivity contribution in [1.82, 2.24) is 0 Å². The molecule has 1 saturated carbocycles. The van der Waals surface area contributed by atoms with Gasteiger partial charge in [0.05, 0.1) is 0 Å². The summed E-state index contributed by atoms with van der Waals surface area (Å²) in [5.74, 6) is 1.36. The van der Waals surface area contributed by atoms with Crippen LogP contribution >= 0.6 is 0 Å². The van der Waals surface area contributed by atoms with Crippen LogP contribution in [0.5, 0.6) is 0 Å². The monoisotopic (exact) mass is 95.1 g/mol. The maximum absolute atomic E-state index is 7.48. The zero-order valence-electron chi connectivity index (χ0n) is 5.30. The molecule has 0 amide bonds. The largest absolute Gasteiger partial charge is 0.0880 e. The van der Waals surface area contributed by atoms with Crippen molar-refractivity contribution >= 4 is 0 Å². The van der Waals surface area contributed by atoms with Gasteiger partial charge < -0.3 is 0 Å². The van der Waals surface area contributed by atoms with Gasteiger partial charge in [0.2, 0.25) is 0 Å². The lowest BCUT2D eigenvalue weighted by atomic mass is 9.69. The van der Waals surface area contributed by atoms with E-state index in [2.05, 4.69) is 12.2 Å². The molecule has 0 aliphatic heterocycles. The second kappa shape index (κ2) is 1.12.